The number of aromatic amines is 2. The van der Waals surface area contributed by atoms with Gasteiger partial charge in [-0.05, 0) is 113 Å². The number of aliphatic imine (C=N–C) groups is 2. The summed E-state index contributed by atoms with van der Waals surface area (Å²) in [5.41, 5.74) is 10.1. The molecular formula is C38H56N4. The lowest BCUT2D eigenvalue weighted by atomic mass is 9.71. The summed E-state index contributed by atoms with van der Waals surface area (Å²) in [5.74, 6) is 0. The van der Waals surface area contributed by atoms with Crippen molar-refractivity contribution in [3.05, 3.63) is 70.3 Å². The number of hydrogen-bond donors (Lipinski definition) is 2. The fraction of sp³-hybridized carbons (Fsp3) is 0.632. The molecule has 0 radical (unpaired) electrons. The number of nitrogens with one attached hydrogen (secondary N) is 2. The van der Waals surface area contributed by atoms with Gasteiger partial charge < -0.3 is 9.97 Å². The largest absolute Gasteiger partial charge is 0.361 e. The molecule has 0 aromatic carbocycles. The summed E-state index contributed by atoms with van der Waals surface area (Å²) in [6, 6.07) is 9.79. The first-order valence-corrected chi connectivity index (χ1v) is 17.1. The van der Waals surface area contributed by atoms with E-state index < -0.39 is 0 Å². The third-order valence-electron chi connectivity index (χ3n) is 12.6. The Bertz CT molecular complexity index is 1300. The molecule has 0 spiro atoms. The highest BCUT2D eigenvalue weighted by Crippen LogP contribution is 2.49. The number of H-pyrrole nitrogens is 2. The van der Waals surface area contributed by atoms with Gasteiger partial charge >= 0.3 is 0 Å². The summed E-state index contributed by atoms with van der Waals surface area (Å²) in [4.78, 5) is 19.6. The van der Waals surface area contributed by atoms with E-state index in [9.17, 15) is 0 Å². The summed E-state index contributed by atoms with van der Waals surface area (Å²) in [6.07, 6.45) is 13.1. The van der Waals surface area contributed by atoms with Crippen LogP contribution < -0.4 is 0 Å². The molecule has 8 bridgehead atoms. The van der Waals surface area contributed by atoms with E-state index in [1.165, 1.54) is 45.3 Å². The molecule has 0 amide bonds. The minimum atomic E-state index is -0.138. The van der Waals surface area contributed by atoms with Gasteiger partial charge in [-0.2, -0.15) is 0 Å². The Kier molecular flexibility index (Phi) is 8.18. The molecule has 0 saturated heterocycles. The van der Waals surface area contributed by atoms with E-state index >= 15 is 0 Å². The van der Waals surface area contributed by atoms with Crippen LogP contribution in [0.5, 0.6) is 0 Å². The molecule has 0 aliphatic carbocycles. The lowest BCUT2D eigenvalue weighted by molar-refractivity contribution is 0.336. The molecular weight excluding hydrogens is 512 g/mol. The predicted octanol–water partition coefficient (Wildman–Crippen LogP) is 9.83. The van der Waals surface area contributed by atoms with E-state index in [-0.39, 0.29) is 33.7 Å². The van der Waals surface area contributed by atoms with Crippen molar-refractivity contribution in [3.63, 3.8) is 0 Å². The van der Waals surface area contributed by atoms with Crippen molar-refractivity contribution in [1.82, 2.24) is 9.97 Å². The normalized spacial score (nSPS) is 25.1. The minimum absolute atomic E-state index is 0.0790. The van der Waals surface area contributed by atoms with Gasteiger partial charge in [-0.15, -0.1) is 0 Å². The lowest BCUT2D eigenvalue weighted by Gasteiger charge is -2.39. The van der Waals surface area contributed by atoms with Gasteiger partial charge in [0.15, 0.2) is 0 Å². The Morgan fingerprint density at radius 3 is 1.10 bits per heavy atom. The van der Waals surface area contributed by atoms with Crippen molar-refractivity contribution in [1.29, 1.82) is 0 Å². The number of hydrogen-bond acceptors (Lipinski definition) is 2. The molecule has 2 N–H and O–H groups in total. The topological polar surface area (TPSA) is 56.3 Å². The van der Waals surface area contributed by atoms with E-state index in [0.717, 1.165) is 51.4 Å². The number of rotatable bonds is 8. The highest BCUT2D eigenvalue weighted by Gasteiger charge is 2.49. The van der Waals surface area contributed by atoms with Crippen molar-refractivity contribution < 1.29 is 0 Å². The number of fused-ring (bicyclic) bond motifs is 6. The second-order valence-corrected chi connectivity index (χ2v) is 13.5. The molecule has 0 saturated carbocycles. The van der Waals surface area contributed by atoms with Crippen molar-refractivity contribution in [2.45, 2.75) is 154 Å². The van der Waals surface area contributed by atoms with Gasteiger partial charge in [-0.25, -0.2) is 0 Å². The molecule has 4 nitrogen and oxygen atoms in total. The highest BCUT2D eigenvalue weighted by molar-refractivity contribution is 6.06. The zero-order valence-corrected chi connectivity index (χ0v) is 28.2. The number of aromatic nitrogens is 2. The molecule has 3 aliphatic heterocycles. The van der Waals surface area contributed by atoms with E-state index in [4.69, 9.17) is 9.98 Å². The average molecular weight is 569 g/mol. The molecule has 5 heterocycles. The fourth-order valence-electron chi connectivity index (χ4n) is 9.31. The molecule has 4 heteroatoms. The van der Waals surface area contributed by atoms with E-state index in [0.29, 0.717) is 0 Å². The van der Waals surface area contributed by atoms with Crippen LogP contribution in [0.3, 0.4) is 0 Å². The van der Waals surface area contributed by atoms with E-state index in [2.05, 4.69) is 116 Å². The van der Waals surface area contributed by atoms with Gasteiger partial charge in [0.1, 0.15) is 0 Å². The van der Waals surface area contributed by atoms with Gasteiger partial charge in [0, 0.05) is 45.0 Å². The fourth-order valence-corrected chi connectivity index (χ4v) is 9.31. The van der Waals surface area contributed by atoms with Crippen LogP contribution in [-0.2, 0) is 21.7 Å². The van der Waals surface area contributed by atoms with Gasteiger partial charge in [-0.1, -0.05) is 55.4 Å². The number of allylic oxidation sites excluding steroid dienone is 2. The summed E-state index contributed by atoms with van der Waals surface area (Å²) in [5, 5.41) is 0. The van der Waals surface area contributed by atoms with Crippen LogP contribution in [0, 0.1) is 0 Å². The molecule has 5 rings (SSSR count). The Labute approximate surface area is 255 Å². The van der Waals surface area contributed by atoms with Crippen LogP contribution in [0.25, 0.3) is 0 Å². The summed E-state index contributed by atoms with van der Waals surface area (Å²) in [6.45, 7) is 23.4. The molecule has 2 aromatic rings. The Morgan fingerprint density at radius 2 is 0.810 bits per heavy atom. The Balaban J connectivity index is 1.86. The Morgan fingerprint density at radius 1 is 0.500 bits per heavy atom. The van der Waals surface area contributed by atoms with Gasteiger partial charge in [0.2, 0.25) is 0 Å². The van der Waals surface area contributed by atoms with Crippen LogP contribution >= 0.6 is 0 Å². The third kappa shape index (κ3) is 3.99. The zero-order chi connectivity index (χ0) is 30.5. The van der Waals surface area contributed by atoms with Gasteiger partial charge in [0.05, 0.1) is 22.9 Å². The van der Waals surface area contributed by atoms with Crippen molar-refractivity contribution in [2.75, 3.05) is 0 Å². The lowest BCUT2D eigenvalue weighted by Crippen LogP contribution is -2.41. The maximum absolute atomic E-state index is 5.71. The van der Waals surface area contributed by atoms with E-state index in [1.807, 2.05) is 0 Å². The van der Waals surface area contributed by atoms with Crippen molar-refractivity contribution >= 4 is 11.4 Å². The van der Waals surface area contributed by atoms with Crippen molar-refractivity contribution in [2.24, 2.45) is 9.98 Å². The third-order valence-corrected chi connectivity index (χ3v) is 12.6. The molecule has 228 valence electrons. The zero-order valence-electron chi connectivity index (χ0n) is 28.2. The standard InChI is InChI=1S/C38H56N4/c1-11-35(12-2)27-19-21-29(39-27)37(15-5,16-6)34-26(10)24-32(42-34)36(13-3,14-4)28-20-22-30(40-28)38(17-7,18-8)33-25(9)23-31(35)41-33/h19-24,33-34,39-40H,11-18H2,1-10H3. The molecule has 2 aromatic heterocycles. The highest BCUT2D eigenvalue weighted by atomic mass is 14.9. The summed E-state index contributed by atoms with van der Waals surface area (Å²) < 4.78 is 0. The van der Waals surface area contributed by atoms with Gasteiger partial charge in [0.25, 0.3) is 0 Å². The van der Waals surface area contributed by atoms with Crippen LogP contribution in [-0.4, -0.2) is 33.5 Å². The first-order valence-electron chi connectivity index (χ1n) is 17.1. The molecule has 0 fully saturated rings. The minimum Gasteiger partial charge on any atom is -0.361 e. The first kappa shape index (κ1) is 30.8. The summed E-state index contributed by atoms with van der Waals surface area (Å²) in [7, 11) is 0. The quantitative estimate of drug-likeness (QED) is 0.318. The second kappa shape index (κ2) is 11.1. The molecule has 2 atom stereocenters. The molecule has 3 aliphatic rings. The predicted molar refractivity (Wildman–Crippen MR) is 181 cm³/mol. The SMILES string of the molecule is CCC1(CC)C2=NC(C(C)=C2)C(CC)(CC)c2ccc([nH]2)C(CC)(CC)C2=NC(C(C)=C2)C(CC)(CC)c2ccc1[nH]2. The summed E-state index contributed by atoms with van der Waals surface area (Å²) >= 11 is 0. The molecule has 2 unspecified atom stereocenters. The van der Waals surface area contributed by atoms with Crippen LogP contribution in [0.4, 0.5) is 0 Å². The van der Waals surface area contributed by atoms with E-state index in [1.54, 1.807) is 0 Å². The maximum Gasteiger partial charge on any atom is 0.0824 e. The van der Waals surface area contributed by atoms with Crippen LogP contribution in [0.2, 0.25) is 0 Å². The first-order chi connectivity index (χ1) is 20.1. The van der Waals surface area contributed by atoms with Crippen molar-refractivity contribution in [3.8, 4) is 0 Å². The smallest absolute Gasteiger partial charge is 0.0824 e. The molecule has 42 heavy (non-hydrogen) atoms. The Hall–Kier alpha value is -2.62. The van der Waals surface area contributed by atoms with Crippen LogP contribution in [0.1, 0.15) is 143 Å². The number of nitrogens with zero attached hydrogens (tertiary/aromatic N) is 2. The van der Waals surface area contributed by atoms with Crippen LogP contribution in [0.15, 0.2) is 57.5 Å². The monoisotopic (exact) mass is 568 g/mol. The average Bonchev–Trinajstić information content (AvgIpc) is 3.83. The maximum atomic E-state index is 5.71. The second-order valence-electron chi connectivity index (χ2n) is 13.5. The van der Waals surface area contributed by atoms with Gasteiger partial charge in [-0.3, -0.25) is 9.98 Å².